The maximum absolute atomic E-state index is 12.2. The molecular weight excluding hydrogens is 298 g/mol. The van der Waals surface area contributed by atoms with Gasteiger partial charge in [-0.2, -0.15) is 0 Å². The molecule has 1 aromatic heterocycles. The predicted octanol–water partition coefficient (Wildman–Crippen LogP) is 3.24. The van der Waals surface area contributed by atoms with Gasteiger partial charge in [-0.15, -0.1) is 11.3 Å². The fourth-order valence-electron chi connectivity index (χ4n) is 5.11. The van der Waals surface area contributed by atoms with Crippen molar-refractivity contribution in [3.8, 4) is 0 Å². The second kappa shape index (κ2) is 5.81. The first-order valence-electron chi connectivity index (χ1n) is 8.25. The van der Waals surface area contributed by atoms with Crippen LogP contribution >= 0.6 is 11.3 Å². The first kappa shape index (κ1) is 14.5. The number of aromatic nitrogens is 1. The van der Waals surface area contributed by atoms with Gasteiger partial charge < -0.3 is 10.1 Å². The summed E-state index contributed by atoms with van der Waals surface area (Å²) < 4.78 is 5.04. The Morgan fingerprint density at radius 2 is 2.23 bits per heavy atom. The first-order chi connectivity index (χ1) is 10.7. The summed E-state index contributed by atoms with van der Waals surface area (Å²) in [7, 11) is 1.64. The van der Waals surface area contributed by atoms with E-state index in [4.69, 9.17) is 4.74 Å². The third-order valence-corrected chi connectivity index (χ3v) is 6.62. The minimum Gasteiger partial charge on any atom is -0.378 e. The van der Waals surface area contributed by atoms with E-state index in [1.807, 2.05) is 5.38 Å². The van der Waals surface area contributed by atoms with Gasteiger partial charge in [0.25, 0.3) is 0 Å². The van der Waals surface area contributed by atoms with Crippen molar-refractivity contribution in [2.75, 3.05) is 12.4 Å². The zero-order valence-electron chi connectivity index (χ0n) is 12.9. The van der Waals surface area contributed by atoms with Crippen molar-refractivity contribution < 1.29 is 9.53 Å². The molecule has 2 bridgehead atoms. The number of carbonyl (C=O) groups excluding carboxylic acids is 1. The van der Waals surface area contributed by atoms with E-state index in [9.17, 15) is 4.79 Å². The number of thiazole rings is 1. The molecule has 2 N–H and O–H groups in total. The third-order valence-electron chi connectivity index (χ3n) is 5.81. The highest BCUT2D eigenvalue weighted by molar-refractivity contribution is 7.13. The van der Waals surface area contributed by atoms with E-state index in [0.29, 0.717) is 23.7 Å². The molecule has 0 aromatic carbocycles. The summed E-state index contributed by atoms with van der Waals surface area (Å²) in [6.45, 7) is 0.481. The maximum Gasteiger partial charge on any atom is 0.321 e. The minimum absolute atomic E-state index is 0.106. The second-order valence-electron chi connectivity index (χ2n) is 6.94. The molecule has 5 atom stereocenters. The number of hydrogen-bond donors (Lipinski definition) is 2. The molecule has 3 aliphatic rings. The van der Waals surface area contributed by atoms with Crippen LogP contribution in [0.4, 0.5) is 9.93 Å². The van der Waals surface area contributed by atoms with Gasteiger partial charge >= 0.3 is 6.03 Å². The molecule has 2 amide bonds. The lowest BCUT2D eigenvalue weighted by atomic mass is 9.79. The number of methoxy groups -OCH3 is 1. The molecule has 6 heteroatoms. The van der Waals surface area contributed by atoms with Gasteiger partial charge in [0.05, 0.1) is 12.3 Å². The Morgan fingerprint density at radius 1 is 1.36 bits per heavy atom. The van der Waals surface area contributed by atoms with Crippen LogP contribution in [0, 0.1) is 23.7 Å². The Balaban J connectivity index is 1.33. The third kappa shape index (κ3) is 2.52. The number of rotatable bonds is 4. The average molecular weight is 321 g/mol. The summed E-state index contributed by atoms with van der Waals surface area (Å²) in [4.78, 5) is 16.6. The second-order valence-corrected chi connectivity index (χ2v) is 7.79. The number of hydrogen-bond acceptors (Lipinski definition) is 4. The molecule has 5 nitrogen and oxygen atoms in total. The highest BCUT2D eigenvalue weighted by Gasteiger charge is 2.54. The number of urea groups is 1. The molecule has 120 valence electrons. The van der Waals surface area contributed by atoms with E-state index in [1.165, 1.54) is 43.4 Å². The van der Waals surface area contributed by atoms with Gasteiger partial charge in [0, 0.05) is 18.5 Å². The summed E-state index contributed by atoms with van der Waals surface area (Å²) in [5.74, 6) is 3.40. The van der Waals surface area contributed by atoms with Gasteiger partial charge in [-0.1, -0.05) is 6.42 Å². The van der Waals surface area contributed by atoms with E-state index >= 15 is 0 Å². The summed E-state index contributed by atoms with van der Waals surface area (Å²) in [6, 6.07) is 0.258. The highest BCUT2D eigenvalue weighted by Crippen LogP contribution is 2.58. The van der Waals surface area contributed by atoms with Crippen molar-refractivity contribution in [1.82, 2.24) is 10.3 Å². The molecule has 0 aliphatic heterocycles. The molecule has 4 rings (SSSR count). The Hall–Kier alpha value is -1.14. The van der Waals surface area contributed by atoms with Crippen LogP contribution in [0.25, 0.3) is 0 Å². The Morgan fingerprint density at radius 3 is 3.09 bits per heavy atom. The van der Waals surface area contributed by atoms with Crippen molar-refractivity contribution in [2.45, 2.75) is 44.8 Å². The molecule has 3 saturated carbocycles. The van der Waals surface area contributed by atoms with E-state index in [1.54, 1.807) is 7.11 Å². The number of amides is 2. The van der Waals surface area contributed by atoms with Crippen molar-refractivity contribution >= 4 is 22.5 Å². The molecule has 0 saturated heterocycles. The zero-order chi connectivity index (χ0) is 15.1. The molecule has 1 aromatic rings. The normalized spacial score (nSPS) is 35.6. The van der Waals surface area contributed by atoms with Gasteiger partial charge in [0.2, 0.25) is 0 Å². The van der Waals surface area contributed by atoms with Crippen molar-refractivity contribution in [3.05, 3.63) is 11.1 Å². The van der Waals surface area contributed by atoms with Crippen LogP contribution in [0.1, 0.15) is 37.8 Å². The number of nitrogens with zero attached hydrogens (tertiary/aromatic N) is 1. The van der Waals surface area contributed by atoms with E-state index in [2.05, 4.69) is 15.6 Å². The van der Waals surface area contributed by atoms with Crippen LogP contribution in [-0.2, 0) is 11.3 Å². The fourth-order valence-corrected chi connectivity index (χ4v) is 5.80. The molecule has 1 heterocycles. The summed E-state index contributed by atoms with van der Waals surface area (Å²) in [5.41, 5.74) is 0.858. The predicted molar refractivity (Wildman–Crippen MR) is 85.8 cm³/mol. The van der Waals surface area contributed by atoms with E-state index in [-0.39, 0.29) is 6.03 Å². The molecular formula is C16H23N3O2S. The Labute approximate surface area is 134 Å². The largest absolute Gasteiger partial charge is 0.378 e. The first-order valence-corrected chi connectivity index (χ1v) is 9.13. The summed E-state index contributed by atoms with van der Waals surface area (Å²) >= 11 is 1.44. The number of anilines is 1. The van der Waals surface area contributed by atoms with E-state index < -0.39 is 0 Å². The van der Waals surface area contributed by atoms with Crippen molar-refractivity contribution in [1.29, 1.82) is 0 Å². The molecule has 0 unspecified atom stereocenters. The SMILES string of the molecule is COCc1csc(NC(=O)N[C@@H]2C[C@H]3C[C@H]2[C@@H]2CCC[C@@H]32)n1. The lowest BCUT2D eigenvalue weighted by Crippen LogP contribution is -2.44. The number of nitrogens with one attached hydrogen (secondary N) is 2. The Kier molecular flexibility index (Phi) is 3.82. The van der Waals surface area contributed by atoms with Crippen LogP contribution in [0.5, 0.6) is 0 Å². The van der Waals surface area contributed by atoms with E-state index in [0.717, 1.165) is 23.4 Å². The topological polar surface area (TPSA) is 63.2 Å². The van der Waals surface area contributed by atoms with Crippen LogP contribution in [0.2, 0.25) is 0 Å². The summed E-state index contributed by atoms with van der Waals surface area (Å²) in [6.07, 6.45) is 6.69. The summed E-state index contributed by atoms with van der Waals surface area (Å²) in [5, 5.41) is 8.63. The quantitative estimate of drug-likeness (QED) is 0.895. The lowest BCUT2D eigenvalue weighted by molar-refractivity contribution is 0.182. The van der Waals surface area contributed by atoms with Crippen LogP contribution in [0.15, 0.2) is 5.38 Å². The van der Waals surface area contributed by atoms with Crippen LogP contribution < -0.4 is 10.6 Å². The monoisotopic (exact) mass is 321 g/mol. The van der Waals surface area contributed by atoms with Crippen molar-refractivity contribution in [2.24, 2.45) is 23.7 Å². The van der Waals surface area contributed by atoms with Crippen LogP contribution in [-0.4, -0.2) is 24.2 Å². The number of fused-ring (bicyclic) bond motifs is 5. The van der Waals surface area contributed by atoms with Gasteiger partial charge in [-0.05, 0) is 49.4 Å². The van der Waals surface area contributed by atoms with Gasteiger partial charge in [-0.3, -0.25) is 5.32 Å². The fraction of sp³-hybridized carbons (Fsp3) is 0.750. The molecule has 0 spiro atoms. The standard InChI is InChI=1S/C16H23N3O2S/c1-21-7-10-8-22-16(17-10)19-15(20)18-14-6-9-5-13(14)12-4-2-3-11(9)12/h8-9,11-14H,2-7H2,1H3,(H2,17,18,19,20)/t9-,11+,12-,13+,14-/m1/s1. The molecule has 3 fully saturated rings. The smallest absolute Gasteiger partial charge is 0.321 e. The molecule has 3 aliphatic carbocycles. The Bertz CT molecular complexity index is 561. The van der Waals surface area contributed by atoms with Crippen LogP contribution in [0.3, 0.4) is 0 Å². The molecule has 22 heavy (non-hydrogen) atoms. The minimum atomic E-state index is -0.106. The molecule has 0 radical (unpaired) electrons. The van der Waals surface area contributed by atoms with Gasteiger partial charge in [0.15, 0.2) is 5.13 Å². The van der Waals surface area contributed by atoms with Gasteiger partial charge in [0.1, 0.15) is 0 Å². The number of carbonyl (C=O) groups is 1. The van der Waals surface area contributed by atoms with Crippen molar-refractivity contribution in [3.63, 3.8) is 0 Å². The average Bonchev–Trinajstić information content (AvgIpc) is 3.19. The van der Waals surface area contributed by atoms with Gasteiger partial charge in [-0.25, -0.2) is 9.78 Å². The highest BCUT2D eigenvalue weighted by atomic mass is 32.1. The number of ether oxygens (including phenoxy) is 1. The lowest BCUT2D eigenvalue weighted by Gasteiger charge is -2.31. The maximum atomic E-state index is 12.2. The zero-order valence-corrected chi connectivity index (χ0v) is 13.7.